The fourth-order valence-corrected chi connectivity index (χ4v) is 3.19. The summed E-state index contributed by atoms with van der Waals surface area (Å²) in [7, 11) is 1.92. The van der Waals surface area contributed by atoms with Crippen LogP contribution in [0, 0.1) is 11.3 Å². The van der Waals surface area contributed by atoms with Gasteiger partial charge in [0.25, 0.3) is 0 Å². The quantitative estimate of drug-likeness (QED) is 0.839. The van der Waals surface area contributed by atoms with Crippen LogP contribution in [0.15, 0.2) is 12.5 Å². The highest BCUT2D eigenvalue weighted by Crippen LogP contribution is 2.46. The van der Waals surface area contributed by atoms with Crippen molar-refractivity contribution in [2.24, 2.45) is 24.1 Å². The zero-order valence-electron chi connectivity index (χ0n) is 10.8. The lowest BCUT2D eigenvalue weighted by molar-refractivity contribution is -0.0172. The minimum atomic E-state index is -0.497. The van der Waals surface area contributed by atoms with Gasteiger partial charge in [-0.3, -0.25) is 0 Å². The summed E-state index contributed by atoms with van der Waals surface area (Å²) in [6.45, 7) is 2.79. The average Bonchev–Trinajstić information content (AvgIpc) is 2.74. The molecule has 3 unspecified atom stereocenters. The molecule has 17 heavy (non-hydrogen) atoms. The van der Waals surface area contributed by atoms with E-state index in [-0.39, 0.29) is 5.41 Å². The van der Waals surface area contributed by atoms with E-state index >= 15 is 0 Å². The molecule has 4 nitrogen and oxygen atoms in total. The molecule has 2 rings (SSSR count). The largest absolute Gasteiger partial charge is 0.386 e. The van der Waals surface area contributed by atoms with Crippen LogP contribution in [0.25, 0.3) is 0 Å². The van der Waals surface area contributed by atoms with Crippen molar-refractivity contribution >= 4 is 0 Å². The van der Waals surface area contributed by atoms with Crippen molar-refractivity contribution in [1.29, 1.82) is 0 Å². The van der Waals surface area contributed by atoms with E-state index in [1.807, 2.05) is 11.6 Å². The molecule has 0 aromatic carbocycles. The van der Waals surface area contributed by atoms with Crippen LogP contribution in [-0.4, -0.2) is 21.2 Å². The van der Waals surface area contributed by atoms with Crippen molar-refractivity contribution in [2.45, 2.75) is 38.7 Å². The molecule has 1 fully saturated rings. The molecule has 1 aliphatic carbocycles. The van der Waals surface area contributed by atoms with Gasteiger partial charge in [-0.25, -0.2) is 4.98 Å². The van der Waals surface area contributed by atoms with E-state index in [0.29, 0.717) is 12.5 Å². The second-order valence-electron chi connectivity index (χ2n) is 5.60. The summed E-state index contributed by atoms with van der Waals surface area (Å²) in [5.41, 5.74) is 6.69. The van der Waals surface area contributed by atoms with E-state index in [1.165, 1.54) is 6.42 Å². The SMILES string of the molecule is CC1CCCC(CN)(C(O)c2cncn2C)C1. The van der Waals surface area contributed by atoms with E-state index in [1.54, 1.807) is 12.5 Å². The van der Waals surface area contributed by atoms with Gasteiger partial charge in [-0.2, -0.15) is 0 Å². The number of aliphatic hydroxyl groups excluding tert-OH is 1. The zero-order valence-corrected chi connectivity index (χ0v) is 10.8. The lowest BCUT2D eigenvalue weighted by Crippen LogP contribution is -2.41. The molecule has 0 saturated heterocycles. The van der Waals surface area contributed by atoms with Gasteiger partial charge in [0.1, 0.15) is 6.10 Å². The predicted molar refractivity (Wildman–Crippen MR) is 67.3 cm³/mol. The third kappa shape index (κ3) is 2.24. The Morgan fingerprint density at radius 1 is 1.71 bits per heavy atom. The molecule has 0 bridgehead atoms. The first-order chi connectivity index (χ1) is 8.09. The van der Waals surface area contributed by atoms with Crippen LogP contribution in [0.5, 0.6) is 0 Å². The van der Waals surface area contributed by atoms with E-state index in [9.17, 15) is 5.11 Å². The normalized spacial score (nSPS) is 31.4. The molecule has 1 heterocycles. The number of rotatable bonds is 3. The van der Waals surface area contributed by atoms with Gasteiger partial charge in [-0.1, -0.05) is 19.8 Å². The Morgan fingerprint density at radius 3 is 3.00 bits per heavy atom. The Hall–Kier alpha value is -0.870. The fourth-order valence-electron chi connectivity index (χ4n) is 3.19. The maximum Gasteiger partial charge on any atom is 0.102 e. The molecule has 1 saturated carbocycles. The third-order valence-electron chi connectivity index (χ3n) is 4.25. The van der Waals surface area contributed by atoms with Gasteiger partial charge in [-0.15, -0.1) is 0 Å². The second-order valence-corrected chi connectivity index (χ2v) is 5.60. The first-order valence-corrected chi connectivity index (χ1v) is 6.43. The van der Waals surface area contributed by atoms with Crippen LogP contribution in [0.1, 0.15) is 44.4 Å². The fraction of sp³-hybridized carbons (Fsp3) is 0.769. The molecule has 0 amide bonds. The number of hydrogen-bond acceptors (Lipinski definition) is 3. The molecule has 0 radical (unpaired) electrons. The van der Waals surface area contributed by atoms with E-state index in [0.717, 1.165) is 25.0 Å². The number of aliphatic hydroxyl groups is 1. The van der Waals surface area contributed by atoms with Crippen molar-refractivity contribution in [2.75, 3.05) is 6.54 Å². The van der Waals surface area contributed by atoms with Crippen LogP contribution < -0.4 is 5.73 Å². The molecule has 0 spiro atoms. The minimum absolute atomic E-state index is 0.161. The summed E-state index contributed by atoms with van der Waals surface area (Å²) in [6, 6.07) is 0. The van der Waals surface area contributed by atoms with Gasteiger partial charge in [0.2, 0.25) is 0 Å². The highest BCUT2D eigenvalue weighted by molar-refractivity contribution is 5.09. The highest BCUT2D eigenvalue weighted by Gasteiger charge is 2.41. The van der Waals surface area contributed by atoms with Crippen LogP contribution in [-0.2, 0) is 7.05 Å². The lowest BCUT2D eigenvalue weighted by Gasteiger charge is -2.42. The van der Waals surface area contributed by atoms with Gasteiger partial charge in [0, 0.05) is 19.0 Å². The van der Waals surface area contributed by atoms with Crippen LogP contribution in [0.3, 0.4) is 0 Å². The Kier molecular flexibility index (Phi) is 3.54. The number of nitrogens with two attached hydrogens (primary N) is 1. The smallest absolute Gasteiger partial charge is 0.102 e. The van der Waals surface area contributed by atoms with Crippen molar-refractivity contribution in [1.82, 2.24) is 9.55 Å². The molecule has 0 aliphatic heterocycles. The highest BCUT2D eigenvalue weighted by atomic mass is 16.3. The third-order valence-corrected chi connectivity index (χ3v) is 4.25. The monoisotopic (exact) mass is 237 g/mol. The molecule has 1 aromatic heterocycles. The van der Waals surface area contributed by atoms with Crippen molar-refractivity contribution in [3.05, 3.63) is 18.2 Å². The number of aromatic nitrogens is 2. The number of hydrogen-bond donors (Lipinski definition) is 2. The first-order valence-electron chi connectivity index (χ1n) is 6.43. The molecule has 4 heteroatoms. The number of imidazole rings is 1. The summed E-state index contributed by atoms with van der Waals surface area (Å²) in [6.07, 6.45) is 7.42. The molecular formula is C13H23N3O. The summed E-state index contributed by atoms with van der Waals surface area (Å²) >= 11 is 0. The molecule has 3 atom stereocenters. The maximum absolute atomic E-state index is 10.6. The Balaban J connectivity index is 2.26. The molecule has 1 aromatic rings. The topological polar surface area (TPSA) is 64.1 Å². The van der Waals surface area contributed by atoms with Crippen LogP contribution in [0.2, 0.25) is 0 Å². The standard InChI is InChI=1S/C13H23N3O/c1-10-4-3-5-13(6-10,8-14)12(17)11-7-15-9-16(11)2/h7,9-10,12,17H,3-6,8,14H2,1-2H3. The van der Waals surface area contributed by atoms with E-state index in [2.05, 4.69) is 11.9 Å². The Morgan fingerprint density at radius 2 is 2.47 bits per heavy atom. The molecule has 1 aliphatic rings. The van der Waals surface area contributed by atoms with Crippen LogP contribution >= 0.6 is 0 Å². The van der Waals surface area contributed by atoms with Gasteiger partial charge in [-0.05, 0) is 18.8 Å². The zero-order chi connectivity index (χ0) is 12.5. The van der Waals surface area contributed by atoms with Gasteiger partial charge < -0.3 is 15.4 Å². The Bertz CT molecular complexity index is 376. The lowest BCUT2D eigenvalue weighted by atomic mass is 9.66. The number of nitrogens with zero attached hydrogens (tertiary/aromatic N) is 2. The van der Waals surface area contributed by atoms with Gasteiger partial charge in [0.15, 0.2) is 0 Å². The predicted octanol–water partition coefficient (Wildman–Crippen LogP) is 1.61. The summed E-state index contributed by atoms with van der Waals surface area (Å²) in [4.78, 5) is 4.08. The summed E-state index contributed by atoms with van der Waals surface area (Å²) in [5.74, 6) is 0.648. The molecule has 3 N–H and O–H groups in total. The first kappa shape index (κ1) is 12.6. The second kappa shape index (κ2) is 4.78. The number of aryl methyl sites for hydroxylation is 1. The van der Waals surface area contributed by atoms with E-state index in [4.69, 9.17) is 5.73 Å². The molecule has 96 valence electrons. The van der Waals surface area contributed by atoms with Crippen molar-refractivity contribution in [3.63, 3.8) is 0 Å². The summed E-state index contributed by atoms with van der Waals surface area (Å²) in [5, 5.41) is 10.6. The minimum Gasteiger partial charge on any atom is -0.386 e. The summed E-state index contributed by atoms with van der Waals surface area (Å²) < 4.78 is 1.89. The van der Waals surface area contributed by atoms with E-state index < -0.39 is 6.10 Å². The van der Waals surface area contributed by atoms with Gasteiger partial charge in [0.05, 0.1) is 18.2 Å². The van der Waals surface area contributed by atoms with Crippen molar-refractivity contribution in [3.8, 4) is 0 Å². The van der Waals surface area contributed by atoms with Gasteiger partial charge >= 0.3 is 0 Å². The maximum atomic E-state index is 10.6. The Labute approximate surface area is 103 Å². The average molecular weight is 237 g/mol. The molecular weight excluding hydrogens is 214 g/mol. The van der Waals surface area contributed by atoms with Crippen LogP contribution in [0.4, 0.5) is 0 Å². The van der Waals surface area contributed by atoms with Crippen molar-refractivity contribution < 1.29 is 5.11 Å².